The maximum Gasteiger partial charge on any atom is 0.306 e. The highest BCUT2D eigenvalue weighted by molar-refractivity contribution is 7.89. The fourth-order valence-electron chi connectivity index (χ4n) is 1.13. The Morgan fingerprint density at radius 1 is 1.41 bits per heavy atom. The highest BCUT2D eigenvalue weighted by atomic mass is 32.2. The summed E-state index contributed by atoms with van der Waals surface area (Å²) < 4.78 is 33.4. The molecule has 17 heavy (non-hydrogen) atoms. The zero-order valence-corrected chi connectivity index (χ0v) is 11.1. The highest BCUT2D eigenvalue weighted by Gasteiger charge is 2.21. The average Bonchev–Trinajstić information content (AvgIpc) is 2.26. The number of hydrogen-bond donors (Lipinski definition) is 1. The molecule has 0 aliphatic heterocycles. The van der Waals surface area contributed by atoms with Gasteiger partial charge in [0.2, 0.25) is 10.0 Å². The summed E-state index contributed by atoms with van der Waals surface area (Å²) in [5.74, 6) is -0.921. The van der Waals surface area contributed by atoms with E-state index < -0.39 is 22.1 Å². The molecule has 102 valence electrons. The number of nitrogens with zero attached hydrogens (tertiary/aromatic N) is 1. The van der Waals surface area contributed by atoms with Crippen molar-refractivity contribution in [3.63, 3.8) is 0 Å². The van der Waals surface area contributed by atoms with Crippen molar-refractivity contribution >= 4 is 16.0 Å². The Hall–Kier alpha value is -0.700. The predicted molar refractivity (Wildman–Crippen MR) is 60.9 cm³/mol. The number of likely N-dealkylation sites (N-methyl/N-ethyl adjacent to an activating group) is 1. The van der Waals surface area contributed by atoms with Crippen LogP contribution in [0.2, 0.25) is 0 Å². The summed E-state index contributed by atoms with van der Waals surface area (Å²) in [6.07, 6.45) is -1.10. The molecule has 0 aromatic rings. The van der Waals surface area contributed by atoms with Gasteiger partial charge >= 0.3 is 5.97 Å². The topological polar surface area (TPSA) is 93.1 Å². The van der Waals surface area contributed by atoms with Gasteiger partial charge < -0.3 is 14.6 Å². The van der Waals surface area contributed by atoms with Gasteiger partial charge in [0.1, 0.15) is 0 Å². The second-order valence-corrected chi connectivity index (χ2v) is 5.73. The number of aliphatic hydroxyl groups excluding tert-OH is 1. The molecule has 1 atom stereocenters. The van der Waals surface area contributed by atoms with E-state index in [4.69, 9.17) is 0 Å². The van der Waals surface area contributed by atoms with Crippen molar-refractivity contribution in [2.75, 3.05) is 40.2 Å². The Balaban J connectivity index is 4.25. The lowest BCUT2D eigenvalue weighted by Crippen LogP contribution is -2.37. The van der Waals surface area contributed by atoms with E-state index in [9.17, 15) is 18.3 Å². The van der Waals surface area contributed by atoms with Gasteiger partial charge in [-0.25, -0.2) is 12.7 Å². The van der Waals surface area contributed by atoms with Crippen molar-refractivity contribution in [2.24, 2.45) is 0 Å². The molecule has 0 radical (unpaired) electrons. The lowest BCUT2D eigenvalue weighted by atomic mass is 10.4. The first-order valence-corrected chi connectivity index (χ1v) is 6.62. The van der Waals surface area contributed by atoms with Gasteiger partial charge in [-0.2, -0.15) is 0 Å². The second-order valence-electron chi connectivity index (χ2n) is 3.53. The number of hydrogen-bond acceptors (Lipinski definition) is 6. The molecule has 0 aromatic carbocycles. The zero-order valence-electron chi connectivity index (χ0n) is 10.2. The van der Waals surface area contributed by atoms with Crippen LogP contribution < -0.4 is 0 Å². The number of carbonyl (C=O) groups excluding carboxylic acids is 1. The van der Waals surface area contributed by atoms with Crippen molar-refractivity contribution in [1.29, 1.82) is 0 Å². The molecule has 0 aromatic heterocycles. The number of aliphatic hydroxyl groups is 1. The fraction of sp³-hybridized carbons (Fsp3) is 0.889. The molecule has 8 heteroatoms. The van der Waals surface area contributed by atoms with Crippen LogP contribution in [0.1, 0.15) is 6.42 Å². The highest BCUT2D eigenvalue weighted by Crippen LogP contribution is 2.03. The van der Waals surface area contributed by atoms with E-state index in [2.05, 4.69) is 9.47 Å². The molecule has 0 heterocycles. The van der Waals surface area contributed by atoms with Gasteiger partial charge in [0.25, 0.3) is 0 Å². The minimum atomic E-state index is -3.56. The maximum atomic E-state index is 11.7. The van der Waals surface area contributed by atoms with Gasteiger partial charge in [0.15, 0.2) is 0 Å². The molecule has 7 nitrogen and oxygen atoms in total. The third-order valence-corrected chi connectivity index (χ3v) is 3.91. The molecular weight excluding hydrogens is 250 g/mol. The summed E-state index contributed by atoms with van der Waals surface area (Å²) in [6.45, 7) is -0.0196. The maximum absolute atomic E-state index is 11.7. The summed E-state index contributed by atoms with van der Waals surface area (Å²) in [6, 6.07) is 0. The molecule has 0 saturated heterocycles. The molecule has 0 fully saturated rings. The van der Waals surface area contributed by atoms with Gasteiger partial charge in [-0.1, -0.05) is 0 Å². The standard InChI is InChI=1S/C9H19NO6S/c1-10(6-8(11)7-15-2)17(13,14)5-4-9(12)16-3/h8,11H,4-7H2,1-3H3. The van der Waals surface area contributed by atoms with Gasteiger partial charge in [0.05, 0.1) is 32.0 Å². The molecule has 0 amide bonds. The minimum absolute atomic E-state index is 0.0524. The van der Waals surface area contributed by atoms with E-state index >= 15 is 0 Å². The first-order chi connectivity index (χ1) is 7.83. The van der Waals surface area contributed by atoms with Crippen molar-refractivity contribution in [3.8, 4) is 0 Å². The van der Waals surface area contributed by atoms with Crippen LogP contribution in [0.15, 0.2) is 0 Å². The molecule has 0 aliphatic rings. The van der Waals surface area contributed by atoms with Crippen LogP contribution in [0.3, 0.4) is 0 Å². The third-order valence-electron chi connectivity index (χ3n) is 2.09. The van der Waals surface area contributed by atoms with Crippen molar-refractivity contribution in [2.45, 2.75) is 12.5 Å². The van der Waals surface area contributed by atoms with Crippen LogP contribution >= 0.6 is 0 Å². The van der Waals surface area contributed by atoms with Crippen LogP contribution in [0, 0.1) is 0 Å². The summed E-state index contributed by atoms with van der Waals surface area (Å²) in [4.78, 5) is 10.8. The Labute approximate surface area is 101 Å². The van der Waals surface area contributed by atoms with Crippen molar-refractivity contribution in [3.05, 3.63) is 0 Å². The van der Waals surface area contributed by atoms with Crippen LogP contribution in [0.4, 0.5) is 0 Å². The lowest BCUT2D eigenvalue weighted by molar-refractivity contribution is -0.140. The van der Waals surface area contributed by atoms with E-state index in [0.717, 1.165) is 4.31 Å². The third kappa shape index (κ3) is 6.57. The minimum Gasteiger partial charge on any atom is -0.469 e. The first-order valence-electron chi connectivity index (χ1n) is 5.01. The molecule has 1 unspecified atom stereocenters. The number of esters is 1. The molecule has 0 spiro atoms. The van der Waals surface area contributed by atoms with E-state index in [0.29, 0.717) is 0 Å². The van der Waals surface area contributed by atoms with Gasteiger partial charge in [-0.3, -0.25) is 4.79 Å². The fourth-order valence-corrected chi connectivity index (χ4v) is 2.26. The van der Waals surface area contributed by atoms with Crippen molar-refractivity contribution < 1.29 is 27.8 Å². The molecular formula is C9H19NO6S. The summed E-state index contributed by atoms with van der Waals surface area (Å²) >= 11 is 0. The van der Waals surface area contributed by atoms with Crippen LogP contribution in [0.5, 0.6) is 0 Å². The van der Waals surface area contributed by atoms with Crippen LogP contribution in [0.25, 0.3) is 0 Å². The monoisotopic (exact) mass is 269 g/mol. The number of rotatable bonds is 8. The smallest absolute Gasteiger partial charge is 0.306 e. The van der Waals surface area contributed by atoms with E-state index in [1.165, 1.54) is 21.3 Å². The first kappa shape index (κ1) is 16.3. The molecule has 0 rings (SSSR count). The SMILES string of the molecule is COCC(O)CN(C)S(=O)(=O)CCC(=O)OC. The molecule has 0 saturated carbocycles. The molecule has 1 N–H and O–H groups in total. The number of ether oxygens (including phenoxy) is 2. The van der Waals surface area contributed by atoms with Crippen LogP contribution in [-0.2, 0) is 24.3 Å². The Kier molecular flexibility index (Phi) is 7.28. The second kappa shape index (κ2) is 7.59. The quantitative estimate of drug-likeness (QED) is 0.557. The summed E-state index contributed by atoms with van der Waals surface area (Å²) in [7, 11) is 0.384. The summed E-state index contributed by atoms with van der Waals surface area (Å²) in [5.41, 5.74) is 0. The molecule has 0 bridgehead atoms. The molecule has 0 aliphatic carbocycles. The van der Waals surface area contributed by atoms with E-state index in [-0.39, 0.29) is 25.3 Å². The van der Waals surface area contributed by atoms with Crippen molar-refractivity contribution in [1.82, 2.24) is 4.31 Å². The largest absolute Gasteiger partial charge is 0.469 e. The summed E-state index contributed by atoms with van der Waals surface area (Å²) in [5, 5.41) is 9.38. The number of methoxy groups -OCH3 is 2. The Morgan fingerprint density at radius 2 is 2.00 bits per heavy atom. The van der Waals surface area contributed by atoms with Crippen LogP contribution in [-0.4, -0.2) is 70.1 Å². The normalized spacial score (nSPS) is 13.7. The zero-order chi connectivity index (χ0) is 13.5. The van der Waals surface area contributed by atoms with Gasteiger partial charge in [0, 0.05) is 20.7 Å². The van der Waals surface area contributed by atoms with Gasteiger partial charge in [-0.05, 0) is 0 Å². The van der Waals surface area contributed by atoms with E-state index in [1.807, 2.05) is 0 Å². The average molecular weight is 269 g/mol. The number of sulfonamides is 1. The Morgan fingerprint density at radius 3 is 2.47 bits per heavy atom. The predicted octanol–water partition coefficient (Wildman–Crippen LogP) is -1.18. The van der Waals surface area contributed by atoms with Gasteiger partial charge in [-0.15, -0.1) is 0 Å². The number of carbonyl (C=O) groups is 1. The Bertz CT molecular complexity index is 328. The van der Waals surface area contributed by atoms with E-state index in [1.54, 1.807) is 0 Å². The lowest BCUT2D eigenvalue weighted by Gasteiger charge is -2.19.